The van der Waals surface area contributed by atoms with E-state index in [1.165, 1.54) is 6.33 Å². The number of nitrogens with zero attached hydrogens (tertiary/aromatic N) is 5. The van der Waals surface area contributed by atoms with E-state index in [1.54, 1.807) is 23.0 Å². The summed E-state index contributed by atoms with van der Waals surface area (Å²) in [5, 5.41) is 8.59. The third-order valence-electron chi connectivity index (χ3n) is 5.03. The van der Waals surface area contributed by atoms with Gasteiger partial charge in [0.2, 0.25) is 5.88 Å². The minimum absolute atomic E-state index is 0.210. The van der Waals surface area contributed by atoms with Gasteiger partial charge in [0.1, 0.15) is 34.3 Å². The van der Waals surface area contributed by atoms with Crippen LogP contribution in [0, 0.1) is 0 Å². The predicted molar refractivity (Wildman–Crippen MR) is 141 cm³/mol. The monoisotopic (exact) mass is 524 g/mol. The van der Waals surface area contributed by atoms with Crippen molar-refractivity contribution in [3.63, 3.8) is 0 Å². The minimum atomic E-state index is -0.473. The van der Waals surface area contributed by atoms with Crippen molar-refractivity contribution in [2.75, 3.05) is 11.9 Å². The van der Waals surface area contributed by atoms with Crippen LogP contribution in [0.15, 0.2) is 49.1 Å². The number of benzene rings is 1. The van der Waals surface area contributed by atoms with Crippen LogP contribution in [0.4, 0.5) is 11.6 Å². The van der Waals surface area contributed by atoms with Crippen molar-refractivity contribution in [1.82, 2.24) is 24.7 Å². The van der Waals surface area contributed by atoms with Crippen LogP contribution in [-0.4, -0.2) is 42.9 Å². The molecule has 0 saturated heterocycles. The summed E-state index contributed by atoms with van der Waals surface area (Å²) in [6.45, 7) is 5.98. The molecule has 0 aliphatic carbocycles. The van der Waals surface area contributed by atoms with E-state index >= 15 is 0 Å². The first-order valence-electron chi connectivity index (χ1n) is 11.9. The van der Waals surface area contributed by atoms with E-state index in [0.29, 0.717) is 54.0 Å². The zero-order chi connectivity index (χ0) is 26.4. The first-order valence-corrected chi connectivity index (χ1v) is 12.2. The zero-order valence-electron chi connectivity index (χ0n) is 21.2. The molecule has 0 aliphatic rings. The Morgan fingerprint density at radius 2 is 1.92 bits per heavy atom. The molecule has 1 N–H and O–H groups in total. The number of aryl methyl sites for hydroxylation is 1. The van der Waals surface area contributed by atoms with E-state index in [2.05, 4.69) is 25.4 Å². The number of ether oxygens (including phenoxy) is 3. The quantitative estimate of drug-likeness (QED) is 0.202. The molecule has 4 rings (SSSR count). The van der Waals surface area contributed by atoms with Crippen molar-refractivity contribution in [2.24, 2.45) is 7.05 Å². The van der Waals surface area contributed by atoms with Gasteiger partial charge in [-0.2, -0.15) is 5.10 Å². The fourth-order valence-electron chi connectivity index (χ4n) is 3.43. The van der Waals surface area contributed by atoms with E-state index in [-0.39, 0.29) is 11.8 Å². The zero-order valence-corrected chi connectivity index (χ0v) is 22.0. The molecule has 0 bridgehead atoms. The summed E-state index contributed by atoms with van der Waals surface area (Å²) in [6.07, 6.45) is 6.59. The van der Waals surface area contributed by atoms with E-state index < -0.39 is 5.60 Å². The second kappa shape index (κ2) is 11.4. The maximum atomic E-state index is 11.8. The molecule has 3 aromatic heterocycles. The molecule has 4 aromatic rings. The molecule has 0 radical (unpaired) electrons. The van der Waals surface area contributed by atoms with Crippen LogP contribution in [0.25, 0.3) is 10.9 Å². The van der Waals surface area contributed by atoms with Gasteiger partial charge in [0.15, 0.2) is 5.82 Å². The first-order chi connectivity index (χ1) is 17.7. The summed E-state index contributed by atoms with van der Waals surface area (Å²) in [7, 11) is 1.84. The second-order valence-electron chi connectivity index (χ2n) is 9.35. The summed E-state index contributed by atoms with van der Waals surface area (Å²) >= 11 is 6.41. The fourth-order valence-corrected chi connectivity index (χ4v) is 3.62. The number of hydrogen-bond acceptors (Lipinski definition) is 9. The highest BCUT2D eigenvalue weighted by atomic mass is 35.5. The number of anilines is 2. The summed E-state index contributed by atoms with van der Waals surface area (Å²) in [6, 6.07) is 8.93. The number of esters is 1. The predicted octanol–water partition coefficient (Wildman–Crippen LogP) is 5.84. The Bertz CT molecular complexity index is 1390. The highest BCUT2D eigenvalue weighted by Gasteiger charge is 2.16. The smallest absolute Gasteiger partial charge is 0.306 e. The molecule has 0 unspecified atom stereocenters. The topological polar surface area (TPSA) is 113 Å². The van der Waals surface area contributed by atoms with Gasteiger partial charge in [-0.25, -0.2) is 15.0 Å². The molecule has 11 heteroatoms. The van der Waals surface area contributed by atoms with Crippen molar-refractivity contribution < 1.29 is 19.0 Å². The van der Waals surface area contributed by atoms with Crippen LogP contribution in [-0.2, 0) is 16.6 Å². The van der Waals surface area contributed by atoms with Gasteiger partial charge in [-0.1, -0.05) is 11.6 Å². The van der Waals surface area contributed by atoms with Gasteiger partial charge in [-0.3, -0.25) is 9.48 Å². The van der Waals surface area contributed by atoms with Crippen LogP contribution in [0.1, 0.15) is 40.0 Å². The molecule has 37 heavy (non-hydrogen) atoms. The highest BCUT2D eigenvalue weighted by Crippen LogP contribution is 2.33. The number of aromatic nitrogens is 5. The molecule has 0 aliphatic heterocycles. The molecule has 0 spiro atoms. The molecule has 0 saturated carbocycles. The molecule has 0 amide bonds. The van der Waals surface area contributed by atoms with Gasteiger partial charge in [-0.05, 0) is 51.8 Å². The van der Waals surface area contributed by atoms with Crippen molar-refractivity contribution in [2.45, 2.75) is 45.6 Å². The van der Waals surface area contributed by atoms with Gasteiger partial charge in [0.05, 0.1) is 18.3 Å². The van der Waals surface area contributed by atoms with Crippen LogP contribution < -0.4 is 14.8 Å². The Kier molecular flexibility index (Phi) is 8.08. The number of unbranched alkanes of at least 4 members (excludes halogenated alkanes) is 1. The number of hydrogen-bond donors (Lipinski definition) is 1. The van der Waals surface area contributed by atoms with Crippen molar-refractivity contribution in [3.05, 3.63) is 54.1 Å². The number of nitrogens with one attached hydrogen (secondary N) is 1. The lowest BCUT2D eigenvalue weighted by Crippen LogP contribution is -2.23. The Labute approximate surface area is 219 Å². The number of carbonyl (C=O) groups excluding carboxylic acids is 1. The van der Waals surface area contributed by atoms with Crippen molar-refractivity contribution in [1.29, 1.82) is 0 Å². The first kappa shape index (κ1) is 26.2. The van der Waals surface area contributed by atoms with Gasteiger partial charge in [-0.15, -0.1) is 0 Å². The lowest BCUT2D eigenvalue weighted by Gasteiger charge is -2.19. The van der Waals surface area contributed by atoms with E-state index in [4.69, 9.17) is 25.8 Å². The molecular formula is C26H29ClN6O4. The summed E-state index contributed by atoms with van der Waals surface area (Å²) in [4.78, 5) is 24.7. The third-order valence-corrected chi connectivity index (χ3v) is 5.30. The molecule has 10 nitrogen and oxygen atoms in total. The van der Waals surface area contributed by atoms with Crippen molar-refractivity contribution in [3.8, 4) is 17.4 Å². The number of pyridine rings is 1. The number of carbonyl (C=O) groups is 1. The van der Waals surface area contributed by atoms with Gasteiger partial charge >= 0.3 is 5.97 Å². The maximum absolute atomic E-state index is 11.8. The number of halogens is 1. The Morgan fingerprint density at radius 1 is 1.08 bits per heavy atom. The molecule has 194 valence electrons. The van der Waals surface area contributed by atoms with Gasteiger partial charge in [0.25, 0.3) is 0 Å². The Hall–Kier alpha value is -3.92. The van der Waals surface area contributed by atoms with Crippen LogP contribution in [0.2, 0.25) is 5.02 Å². The highest BCUT2D eigenvalue weighted by molar-refractivity contribution is 6.32. The minimum Gasteiger partial charge on any atom is -0.492 e. The standard InChI is InChI=1S/C26H29ClN6O4/c1-26(2,3)37-23(34)7-5-6-12-35-18-14-20(27)25(28-15-18)36-17-8-9-21-19(13-17)24(30-16-29-21)31-22-10-11-33(4)32-22/h8-11,13-16H,5-7,12H2,1-4H3,(H,29,30,31,32). The average molecular weight is 525 g/mol. The largest absolute Gasteiger partial charge is 0.492 e. The fraction of sp³-hybridized carbons (Fsp3) is 0.346. The maximum Gasteiger partial charge on any atom is 0.306 e. The van der Waals surface area contributed by atoms with E-state index in [1.807, 2.05) is 52.2 Å². The lowest BCUT2D eigenvalue weighted by molar-refractivity contribution is -0.154. The normalized spacial score (nSPS) is 11.4. The number of rotatable bonds is 10. The molecule has 3 heterocycles. The Balaban J connectivity index is 1.35. The molecule has 1 aromatic carbocycles. The van der Waals surface area contributed by atoms with Gasteiger partial charge < -0.3 is 19.5 Å². The van der Waals surface area contributed by atoms with E-state index in [0.717, 1.165) is 10.9 Å². The second-order valence-corrected chi connectivity index (χ2v) is 9.76. The molecule has 0 atom stereocenters. The van der Waals surface area contributed by atoms with E-state index in [9.17, 15) is 4.79 Å². The summed E-state index contributed by atoms with van der Waals surface area (Å²) < 4.78 is 18.7. The number of fused-ring (bicyclic) bond motifs is 1. The van der Waals surface area contributed by atoms with Gasteiger partial charge in [0, 0.05) is 37.2 Å². The average Bonchev–Trinajstić information content (AvgIpc) is 3.24. The summed E-state index contributed by atoms with van der Waals surface area (Å²) in [5.41, 5.74) is 0.273. The molecule has 0 fully saturated rings. The Morgan fingerprint density at radius 3 is 2.65 bits per heavy atom. The van der Waals surface area contributed by atoms with Crippen LogP contribution in [0.5, 0.6) is 17.4 Å². The summed E-state index contributed by atoms with van der Waals surface area (Å²) in [5.74, 6) is 2.34. The van der Waals surface area contributed by atoms with Crippen molar-refractivity contribution >= 4 is 40.1 Å². The molecular weight excluding hydrogens is 496 g/mol. The third kappa shape index (κ3) is 7.53. The lowest BCUT2D eigenvalue weighted by atomic mass is 10.2. The SMILES string of the molecule is Cn1ccc(Nc2ncnc3ccc(Oc4ncc(OCCCCC(=O)OC(C)(C)C)cc4Cl)cc23)n1. The van der Waals surface area contributed by atoms with Crippen LogP contribution >= 0.6 is 11.6 Å². The van der Waals surface area contributed by atoms with Crippen LogP contribution in [0.3, 0.4) is 0 Å².